The normalized spacial score (nSPS) is 10.5. The Kier molecular flexibility index (Phi) is 4.76. The third-order valence-electron chi connectivity index (χ3n) is 1.96. The van der Waals surface area contributed by atoms with Gasteiger partial charge in [-0.25, -0.2) is 9.67 Å². The molecular weight excluding hydrogens is 194 g/mol. The molecular formula is C9H17N5O. The van der Waals surface area contributed by atoms with E-state index in [-0.39, 0.29) is 5.91 Å². The van der Waals surface area contributed by atoms with Crippen LogP contribution in [0.2, 0.25) is 0 Å². The molecule has 0 radical (unpaired) electrons. The van der Waals surface area contributed by atoms with Crippen molar-refractivity contribution < 1.29 is 4.79 Å². The molecule has 0 saturated carbocycles. The maximum Gasteiger partial charge on any atom is 0.218 e. The van der Waals surface area contributed by atoms with E-state index in [0.717, 1.165) is 18.8 Å². The number of aromatic nitrogens is 3. The van der Waals surface area contributed by atoms with Crippen molar-refractivity contribution in [3.8, 4) is 0 Å². The Bertz CT molecular complexity index is 309. The first-order valence-electron chi connectivity index (χ1n) is 5.09. The van der Waals surface area contributed by atoms with Crippen molar-refractivity contribution in [1.82, 2.24) is 20.1 Å². The standard InChI is InChI=1S/C9H17N5O/c1-2-5-14-9(12-7-13-14)6-11-4-3-8(10)15/h7,11H,2-6H2,1H3,(H2,10,15). The van der Waals surface area contributed by atoms with E-state index in [0.29, 0.717) is 19.5 Å². The number of carbonyl (C=O) groups is 1. The van der Waals surface area contributed by atoms with Crippen LogP contribution in [-0.2, 0) is 17.9 Å². The van der Waals surface area contributed by atoms with Crippen LogP contribution >= 0.6 is 0 Å². The molecule has 0 bridgehead atoms. The second kappa shape index (κ2) is 6.13. The Labute approximate surface area is 88.9 Å². The van der Waals surface area contributed by atoms with Crippen molar-refractivity contribution in [2.24, 2.45) is 5.73 Å². The average molecular weight is 211 g/mol. The van der Waals surface area contributed by atoms with E-state index in [9.17, 15) is 4.79 Å². The molecule has 15 heavy (non-hydrogen) atoms. The molecule has 0 saturated heterocycles. The number of hydrogen-bond acceptors (Lipinski definition) is 4. The number of carbonyl (C=O) groups excluding carboxylic acids is 1. The molecule has 0 unspecified atom stereocenters. The van der Waals surface area contributed by atoms with Gasteiger partial charge < -0.3 is 11.1 Å². The summed E-state index contributed by atoms with van der Waals surface area (Å²) in [6, 6.07) is 0. The minimum Gasteiger partial charge on any atom is -0.370 e. The Morgan fingerprint density at radius 3 is 3.13 bits per heavy atom. The van der Waals surface area contributed by atoms with Gasteiger partial charge in [-0.2, -0.15) is 5.10 Å². The fourth-order valence-electron chi connectivity index (χ4n) is 1.24. The Morgan fingerprint density at radius 1 is 1.67 bits per heavy atom. The SMILES string of the molecule is CCCn1ncnc1CNCCC(N)=O. The Morgan fingerprint density at radius 2 is 2.47 bits per heavy atom. The number of nitrogens with two attached hydrogens (primary N) is 1. The van der Waals surface area contributed by atoms with E-state index in [1.165, 1.54) is 0 Å². The highest BCUT2D eigenvalue weighted by Gasteiger charge is 2.02. The first-order chi connectivity index (χ1) is 7.24. The molecule has 1 amide bonds. The summed E-state index contributed by atoms with van der Waals surface area (Å²) >= 11 is 0. The summed E-state index contributed by atoms with van der Waals surface area (Å²) in [5.41, 5.74) is 5.02. The van der Waals surface area contributed by atoms with Crippen LogP contribution in [0, 0.1) is 0 Å². The largest absolute Gasteiger partial charge is 0.370 e. The second-order valence-corrected chi connectivity index (χ2v) is 3.29. The number of aryl methyl sites for hydroxylation is 1. The van der Waals surface area contributed by atoms with Crippen LogP contribution in [0.15, 0.2) is 6.33 Å². The van der Waals surface area contributed by atoms with Crippen LogP contribution in [0.4, 0.5) is 0 Å². The first kappa shape index (κ1) is 11.6. The molecule has 6 heteroatoms. The molecule has 3 N–H and O–H groups in total. The molecule has 1 aromatic heterocycles. The summed E-state index contributed by atoms with van der Waals surface area (Å²) in [7, 11) is 0. The van der Waals surface area contributed by atoms with Crippen LogP contribution in [0.1, 0.15) is 25.6 Å². The van der Waals surface area contributed by atoms with E-state index in [4.69, 9.17) is 5.73 Å². The summed E-state index contributed by atoms with van der Waals surface area (Å²) < 4.78 is 1.86. The molecule has 6 nitrogen and oxygen atoms in total. The quantitative estimate of drug-likeness (QED) is 0.604. The average Bonchev–Trinajstić information content (AvgIpc) is 2.61. The van der Waals surface area contributed by atoms with E-state index < -0.39 is 0 Å². The molecule has 84 valence electrons. The first-order valence-corrected chi connectivity index (χ1v) is 5.09. The van der Waals surface area contributed by atoms with E-state index in [2.05, 4.69) is 22.3 Å². The fraction of sp³-hybridized carbons (Fsp3) is 0.667. The summed E-state index contributed by atoms with van der Waals surface area (Å²) in [6.07, 6.45) is 2.92. The molecule has 0 spiro atoms. The van der Waals surface area contributed by atoms with Gasteiger partial charge in [0.25, 0.3) is 0 Å². The van der Waals surface area contributed by atoms with Gasteiger partial charge in [-0.3, -0.25) is 4.79 Å². The van der Waals surface area contributed by atoms with Crippen molar-refractivity contribution in [2.75, 3.05) is 6.54 Å². The molecule has 0 aliphatic heterocycles. The van der Waals surface area contributed by atoms with Gasteiger partial charge in [0.1, 0.15) is 12.2 Å². The summed E-state index contributed by atoms with van der Waals surface area (Å²) in [6.45, 7) is 4.15. The number of rotatable bonds is 7. The summed E-state index contributed by atoms with van der Waals surface area (Å²) in [4.78, 5) is 14.6. The lowest BCUT2D eigenvalue weighted by Gasteiger charge is -2.05. The Hall–Kier alpha value is -1.43. The van der Waals surface area contributed by atoms with Crippen LogP contribution in [-0.4, -0.2) is 27.2 Å². The fourth-order valence-corrected chi connectivity index (χ4v) is 1.24. The monoisotopic (exact) mass is 211 g/mol. The van der Waals surface area contributed by atoms with Crippen LogP contribution < -0.4 is 11.1 Å². The Balaban J connectivity index is 2.30. The third-order valence-corrected chi connectivity index (χ3v) is 1.96. The van der Waals surface area contributed by atoms with Gasteiger partial charge in [0, 0.05) is 19.5 Å². The van der Waals surface area contributed by atoms with Crippen molar-refractivity contribution in [3.63, 3.8) is 0 Å². The zero-order valence-corrected chi connectivity index (χ0v) is 8.94. The molecule has 0 aliphatic rings. The number of hydrogen-bond donors (Lipinski definition) is 2. The smallest absolute Gasteiger partial charge is 0.218 e. The zero-order valence-electron chi connectivity index (χ0n) is 8.94. The highest BCUT2D eigenvalue weighted by atomic mass is 16.1. The van der Waals surface area contributed by atoms with Crippen molar-refractivity contribution in [2.45, 2.75) is 32.9 Å². The van der Waals surface area contributed by atoms with Crippen molar-refractivity contribution >= 4 is 5.91 Å². The van der Waals surface area contributed by atoms with E-state index in [1.54, 1.807) is 6.33 Å². The van der Waals surface area contributed by atoms with Crippen molar-refractivity contribution in [1.29, 1.82) is 0 Å². The molecule has 0 aliphatic carbocycles. The molecule has 1 heterocycles. The summed E-state index contributed by atoms with van der Waals surface area (Å²) in [5.74, 6) is 0.596. The van der Waals surface area contributed by atoms with Crippen molar-refractivity contribution in [3.05, 3.63) is 12.2 Å². The van der Waals surface area contributed by atoms with Gasteiger partial charge in [0.15, 0.2) is 0 Å². The molecule has 0 fully saturated rings. The van der Waals surface area contributed by atoms with Crippen LogP contribution in [0.25, 0.3) is 0 Å². The lowest BCUT2D eigenvalue weighted by atomic mass is 10.4. The lowest BCUT2D eigenvalue weighted by molar-refractivity contribution is -0.117. The molecule has 1 rings (SSSR count). The second-order valence-electron chi connectivity index (χ2n) is 3.29. The summed E-state index contributed by atoms with van der Waals surface area (Å²) in [5, 5.41) is 7.19. The molecule has 0 atom stereocenters. The topological polar surface area (TPSA) is 85.8 Å². The van der Waals surface area contributed by atoms with Gasteiger partial charge >= 0.3 is 0 Å². The van der Waals surface area contributed by atoms with Gasteiger partial charge in [-0.15, -0.1) is 0 Å². The zero-order chi connectivity index (χ0) is 11.1. The van der Waals surface area contributed by atoms with E-state index in [1.807, 2.05) is 4.68 Å². The van der Waals surface area contributed by atoms with E-state index >= 15 is 0 Å². The minimum atomic E-state index is -0.294. The predicted molar refractivity (Wildman–Crippen MR) is 55.8 cm³/mol. The van der Waals surface area contributed by atoms with Gasteiger partial charge in [0.2, 0.25) is 5.91 Å². The van der Waals surface area contributed by atoms with Gasteiger partial charge in [-0.05, 0) is 6.42 Å². The number of nitrogens with one attached hydrogen (secondary N) is 1. The predicted octanol–water partition coefficient (Wildman–Crippen LogP) is -0.347. The van der Waals surface area contributed by atoms with Crippen LogP contribution in [0.5, 0.6) is 0 Å². The lowest BCUT2D eigenvalue weighted by Crippen LogP contribution is -2.23. The molecule has 0 aromatic carbocycles. The highest BCUT2D eigenvalue weighted by molar-refractivity contribution is 5.73. The molecule has 1 aromatic rings. The van der Waals surface area contributed by atoms with Gasteiger partial charge in [0.05, 0.1) is 6.54 Å². The van der Waals surface area contributed by atoms with Gasteiger partial charge in [-0.1, -0.05) is 6.92 Å². The van der Waals surface area contributed by atoms with Crippen LogP contribution in [0.3, 0.4) is 0 Å². The maximum atomic E-state index is 10.5. The number of nitrogens with zero attached hydrogens (tertiary/aromatic N) is 3. The highest BCUT2D eigenvalue weighted by Crippen LogP contribution is 1.95. The minimum absolute atomic E-state index is 0.294. The third kappa shape index (κ3) is 4.07. The number of amides is 1. The number of primary amides is 1. The maximum absolute atomic E-state index is 10.5.